The molecule has 0 saturated heterocycles. The first-order valence-corrected chi connectivity index (χ1v) is 7.60. The van der Waals surface area contributed by atoms with Gasteiger partial charge in [0, 0.05) is 0 Å². The summed E-state index contributed by atoms with van der Waals surface area (Å²) in [6.07, 6.45) is 0. The summed E-state index contributed by atoms with van der Waals surface area (Å²) in [5.74, 6) is 0. The molecule has 0 aliphatic rings. The fourth-order valence-electron chi connectivity index (χ4n) is 1.45. The third kappa shape index (κ3) is 6.21. The number of benzene rings is 1. The van der Waals surface area contributed by atoms with Crippen LogP contribution in [-0.2, 0) is 5.41 Å². The molecule has 0 unspecified atom stereocenters. The van der Waals surface area contributed by atoms with Crippen LogP contribution in [-0.4, -0.2) is 21.8 Å². The first-order valence-electron chi connectivity index (χ1n) is 5.76. The molecule has 0 fully saturated rings. The van der Waals surface area contributed by atoms with Crippen molar-refractivity contribution in [2.24, 2.45) is 0 Å². The fourth-order valence-corrected chi connectivity index (χ4v) is 3.58. The Morgan fingerprint density at radius 2 is 1.42 bits per heavy atom. The van der Waals surface area contributed by atoms with Gasteiger partial charge in [-0.3, -0.25) is 0 Å². The first-order chi connectivity index (χ1) is 8.57. The van der Waals surface area contributed by atoms with Crippen molar-refractivity contribution in [1.29, 1.82) is 0 Å². The van der Waals surface area contributed by atoms with Gasteiger partial charge >= 0.3 is 98.4 Å². The molecule has 0 atom stereocenters. The maximum Gasteiger partial charge on any atom is 0.673 e. The van der Waals surface area contributed by atoms with Crippen molar-refractivity contribution in [2.45, 2.75) is 26.2 Å². The largest absolute Gasteiger partial charge is 0.673 e. The molecule has 6 heteroatoms. The van der Waals surface area contributed by atoms with Crippen molar-refractivity contribution in [2.75, 3.05) is 0 Å². The second-order valence-electron chi connectivity index (χ2n) is 5.12. The second kappa shape index (κ2) is 6.06. The van der Waals surface area contributed by atoms with Gasteiger partial charge in [-0.05, 0) is 0 Å². The molecule has 2 rings (SSSR count). The smallest absolute Gasteiger partial charge is 0.418 e. The van der Waals surface area contributed by atoms with E-state index in [9.17, 15) is 17.3 Å². The molecular weight excluding hydrogens is 322 g/mol. The van der Waals surface area contributed by atoms with E-state index in [1.807, 2.05) is 0 Å². The molecule has 0 nitrogen and oxygen atoms in total. The van der Waals surface area contributed by atoms with Crippen LogP contribution in [0.5, 0.6) is 0 Å². The number of fused-ring (bicyclic) bond motifs is 1. The van der Waals surface area contributed by atoms with E-state index in [1.165, 1.54) is 10.8 Å². The number of halogens is 4. The van der Waals surface area contributed by atoms with E-state index in [-0.39, 0.29) is 0 Å². The maximum atomic E-state index is 9.75. The van der Waals surface area contributed by atoms with E-state index in [0.717, 1.165) is 0 Å². The molecule has 0 bridgehead atoms. The van der Waals surface area contributed by atoms with Gasteiger partial charge in [-0.1, -0.05) is 0 Å². The molecule has 0 saturated carbocycles. The van der Waals surface area contributed by atoms with Crippen LogP contribution in [0, 0.1) is 0 Å². The Labute approximate surface area is 116 Å². The van der Waals surface area contributed by atoms with E-state index in [2.05, 4.69) is 56.0 Å². The molecule has 1 heterocycles. The first kappa shape index (κ1) is 16.2. The van der Waals surface area contributed by atoms with Crippen LogP contribution in [0.15, 0.2) is 35.3 Å². The van der Waals surface area contributed by atoms with Gasteiger partial charge in [-0.15, -0.1) is 0 Å². The quantitative estimate of drug-likeness (QED) is 0.480. The Hall–Kier alpha value is -0.866. The van der Waals surface area contributed by atoms with E-state index >= 15 is 0 Å². The summed E-state index contributed by atoms with van der Waals surface area (Å²) in [6, 6.07) is 11.0. The van der Waals surface area contributed by atoms with Gasteiger partial charge in [0.25, 0.3) is 0 Å². The van der Waals surface area contributed by atoms with Crippen LogP contribution in [0.25, 0.3) is 10.8 Å². The van der Waals surface area contributed by atoms with E-state index in [4.69, 9.17) is 0 Å². The number of hydrogen-bond acceptors (Lipinski definition) is 0. The van der Waals surface area contributed by atoms with E-state index < -0.39 is 7.25 Å². The summed E-state index contributed by atoms with van der Waals surface area (Å²) in [7, 11) is -6.00. The summed E-state index contributed by atoms with van der Waals surface area (Å²) in [5.41, 5.74) is 0.323. The molecule has 0 radical (unpaired) electrons. The van der Waals surface area contributed by atoms with Gasteiger partial charge in [-0.2, -0.15) is 0 Å². The molecule has 104 valence electrons. The predicted octanol–water partition coefficient (Wildman–Crippen LogP) is 4.78. The van der Waals surface area contributed by atoms with Crippen LogP contribution in [0.4, 0.5) is 17.3 Å². The van der Waals surface area contributed by atoms with Crippen LogP contribution in [0.2, 0.25) is 0 Å². The van der Waals surface area contributed by atoms with Gasteiger partial charge < -0.3 is 17.3 Å². The zero-order valence-corrected chi connectivity index (χ0v) is 12.7. The summed E-state index contributed by atoms with van der Waals surface area (Å²) >= 11 is 0.534. The normalized spacial score (nSPS) is 11.9. The second-order valence-corrected chi connectivity index (χ2v) is 7.03. The minimum atomic E-state index is -6.00. The summed E-state index contributed by atoms with van der Waals surface area (Å²) in [4.78, 5) is 2.39. The van der Waals surface area contributed by atoms with Crippen molar-refractivity contribution in [3.8, 4) is 0 Å². The number of hydrogen-bond donors (Lipinski definition) is 0. The van der Waals surface area contributed by atoms with Crippen molar-refractivity contribution in [1.82, 2.24) is 0 Å². The minimum absolute atomic E-state index is 0.323. The maximum absolute atomic E-state index is 9.75. The topological polar surface area (TPSA) is 0 Å². The minimum Gasteiger partial charge on any atom is -0.418 e. The van der Waals surface area contributed by atoms with Crippen molar-refractivity contribution in [3.05, 3.63) is 39.7 Å². The van der Waals surface area contributed by atoms with Crippen molar-refractivity contribution >= 4 is 32.5 Å². The Morgan fingerprint density at radius 3 is 1.89 bits per heavy atom. The van der Waals surface area contributed by atoms with Crippen LogP contribution in [0.3, 0.4) is 0 Å². The average molecular weight is 337 g/mol. The van der Waals surface area contributed by atoms with Crippen LogP contribution >= 0.6 is 0 Å². The van der Waals surface area contributed by atoms with Gasteiger partial charge in [0.1, 0.15) is 0 Å². The Bertz CT molecular complexity index is 540. The summed E-state index contributed by atoms with van der Waals surface area (Å²) < 4.78 is 40.6. The monoisotopic (exact) mass is 338 g/mol. The summed E-state index contributed by atoms with van der Waals surface area (Å²) in [5, 5.41) is 2.78. The summed E-state index contributed by atoms with van der Waals surface area (Å²) in [6.45, 7) is 6.88. The SMILES string of the molecule is CC(C)(C)c1cc2ccccc2c[se+]1.F[B-](F)(F)F. The van der Waals surface area contributed by atoms with Gasteiger partial charge in [0.05, 0.1) is 0 Å². The van der Waals surface area contributed by atoms with Gasteiger partial charge in [-0.25, -0.2) is 0 Å². The zero-order valence-electron chi connectivity index (χ0n) is 11.0. The predicted molar refractivity (Wildman–Crippen MR) is 74.2 cm³/mol. The fraction of sp³-hybridized carbons (Fsp3) is 0.308. The Balaban J connectivity index is 0.000000312. The molecule has 1 aromatic carbocycles. The molecule has 0 spiro atoms. The standard InChI is InChI=1S/C13H15Se.BF4/c1-13(2,3)12-8-10-6-4-5-7-11(10)9-14-12;2-1(3,4)5/h4-9H,1-3H3;/q+1;-1. The zero-order chi connectivity index (χ0) is 14.7. The van der Waals surface area contributed by atoms with Crippen molar-refractivity contribution < 1.29 is 17.3 Å². The van der Waals surface area contributed by atoms with Gasteiger partial charge in [0.2, 0.25) is 0 Å². The average Bonchev–Trinajstić information content (AvgIpc) is 2.25. The molecule has 0 amide bonds. The van der Waals surface area contributed by atoms with Crippen molar-refractivity contribution in [3.63, 3.8) is 0 Å². The van der Waals surface area contributed by atoms with Crippen LogP contribution < -0.4 is 0 Å². The van der Waals surface area contributed by atoms with E-state index in [1.54, 1.807) is 4.44 Å². The molecule has 1 aromatic heterocycles. The van der Waals surface area contributed by atoms with E-state index in [0.29, 0.717) is 19.9 Å². The third-order valence-corrected chi connectivity index (χ3v) is 5.18. The number of rotatable bonds is 0. The molecule has 2 aromatic rings. The Morgan fingerprint density at radius 1 is 0.947 bits per heavy atom. The third-order valence-electron chi connectivity index (χ3n) is 2.33. The van der Waals surface area contributed by atoms with Crippen LogP contribution in [0.1, 0.15) is 25.2 Å². The van der Waals surface area contributed by atoms with Gasteiger partial charge in [0.15, 0.2) is 0 Å². The molecular formula is C13H15BF4Se. The molecule has 0 N–H and O–H groups in total. The molecule has 0 aliphatic heterocycles. The molecule has 19 heavy (non-hydrogen) atoms. The molecule has 0 aliphatic carbocycles. The Kier molecular flexibility index (Phi) is 5.16.